The molecule has 0 unspecified atom stereocenters. The highest BCUT2D eigenvalue weighted by Crippen LogP contribution is 2.44. The molecule has 0 aromatic heterocycles. The number of ether oxygens (including phenoxy) is 4. The lowest BCUT2D eigenvalue weighted by molar-refractivity contribution is -0.321. The van der Waals surface area contributed by atoms with Crippen molar-refractivity contribution in [2.75, 3.05) is 13.7 Å². The van der Waals surface area contributed by atoms with Gasteiger partial charge >= 0.3 is 0 Å². The second kappa shape index (κ2) is 11.9. The van der Waals surface area contributed by atoms with E-state index in [2.05, 4.69) is 47.4 Å². The fourth-order valence-electron chi connectivity index (χ4n) is 4.72. The van der Waals surface area contributed by atoms with Crippen LogP contribution in [0.2, 0.25) is 18.1 Å². The van der Waals surface area contributed by atoms with Gasteiger partial charge in [0.15, 0.2) is 14.1 Å². The van der Waals surface area contributed by atoms with Crippen LogP contribution in [-0.4, -0.2) is 51.9 Å². The van der Waals surface area contributed by atoms with Gasteiger partial charge in [-0.05, 0) is 48.7 Å². The smallest absolute Gasteiger partial charge is 0.192 e. The number of carbonyl (C=O) groups is 1. The van der Waals surface area contributed by atoms with Crippen molar-refractivity contribution in [3.8, 4) is 5.75 Å². The molecule has 1 spiro atoms. The standard InChI is InChI=1S/C29H46O6Si/c1-9-21(2)14-25-15-23(30)17-29(33-25)18-26(35-36(7,8)28(3,4)5)16-27(34-29)20-32-19-22-10-12-24(31-6)13-11-22/h10-13,25-27H,2,9,14-20H2,1,3-8H3/t25-,26+,27-,29-/m1/s1. The van der Waals surface area contributed by atoms with Gasteiger partial charge in [0.05, 0.1) is 45.1 Å². The van der Waals surface area contributed by atoms with Crippen LogP contribution in [0, 0.1) is 0 Å². The molecule has 2 aliphatic heterocycles. The highest BCUT2D eigenvalue weighted by Gasteiger charge is 2.50. The molecule has 36 heavy (non-hydrogen) atoms. The van der Waals surface area contributed by atoms with Crippen molar-refractivity contribution in [3.63, 3.8) is 0 Å². The minimum Gasteiger partial charge on any atom is -0.497 e. The third kappa shape index (κ3) is 7.75. The van der Waals surface area contributed by atoms with Crippen LogP contribution in [0.25, 0.3) is 0 Å². The van der Waals surface area contributed by atoms with Gasteiger partial charge in [0.2, 0.25) is 0 Å². The van der Waals surface area contributed by atoms with E-state index in [1.54, 1.807) is 7.11 Å². The number of Topliss-reactive ketones (excluding diaryl/α,β-unsaturated/α-hetero) is 1. The number of methoxy groups -OCH3 is 1. The fourth-order valence-corrected chi connectivity index (χ4v) is 6.09. The minimum atomic E-state index is -2.02. The molecule has 0 aliphatic carbocycles. The molecule has 2 aliphatic rings. The molecule has 0 bridgehead atoms. The lowest BCUT2D eigenvalue weighted by Crippen LogP contribution is -2.57. The molecule has 4 atom stereocenters. The molecule has 0 saturated carbocycles. The van der Waals surface area contributed by atoms with Crippen LogP contribution in [0.4, 0.5) is 0 Å². The van der Waals surface area contributed by atoms with E-state index >= 15 is 0 Å². The zero-order chi connectivity index (χ0) is 26.6. The molecule has 3 rings (SSSR count). The van der Waals surface area contributed by atoms with Crippen LogP contribution in [0.5, 0.6) is 5.75 Å². The summed E-state index contributed by atoms with van der Waals surface area (Å²) < 4.78 is 31.3. The third-order valence-electron chi connectivity index (χ3n) is 7.76. The number of carbonyl (C=O) groups excluding carboxylic acids is 1. The van der Waals surface area contributed by atoms with Gasteiger partial charge in [-0.25, -0.2) is 0 Å². The summed E-state index contributed by atoms with van der Waals surface area (Å²) in [5.41, 5.74) is 2.16. The molecular formula is C29H46O6Si. The lowest BCUT2D eigenvalue weighted by Gasteiger charge is -2.50. The van der Waals surface area contributed by atoms with Crippen molar-refractivity contribution in [3.05, 3.63) is 42.0 Å². The average molecular weight is 519 g/mol. The highest BCUT2D eigenvalue weighted by molar-refractivity contribution is 6.74. The van der Waals surface area contributed by atoms with Crippen molar-refractivity contribution in [1.82, 2.24) is 0 Å². The Morgan fingerprint density at radius 3 is 2.44 bits per heavy atom. The molecule has 1 aromatic rings. The summed E-state index contributed by atoms with van der Waals surface area (Å²) in [7, 11) is -0.366. The maximum Gasteiger partial charge on any atom is 0.192 e. The van der Waals surface area contributed by atoms with Crippen LogP contribution in [0.15, 0.2) is 36.4 Å². The van der Waals surface area contributed by atoms with E-state index in [4.69, 9.17) is 23.4 Å². The summed E-state index contributed by atoms with van der Waals surface area (Å²) in [5.74, 6) is 0.0374. The number of hydrogen-bond donors (Lipinski definition) is 0. The Hall–Kier alpha value is -1.51. The van der Waals surface area contributed by atoms with E-state index in [0.717, 1.165) is 29.7 Å². The zero-order valence-corrected chi connectivity index (χ0v) is 24.4. The van der Waals surface area contributed by atoms with Gasteiger partial charge < -0.3 is 23.4 Å². The summed E-state index contributed by atoms with van der Waals surface area (Å²) in [6.45, 7) is 18.4. The maximum absolute atomic E-state index is 12.9. The fraction of sp³-hybridized carbons (Fsp3) is 0.690. The Morgan fingerprint density at radius 2 is 1.83 bits per heavy atom. The molecular weight excluding hydrogens is 472 g/mol. The Morgan fingerprint density at radius 1 is 1.17 bits per heavy atom. The molecule has 6 nitrogen and oxygen atoms in total. The van der Waals surface area contributed by atoms with Gasteiger partial charge in [-0.2, -0.15) is 0 Å². The van der Waals surface area contributed by atoms with Crippen LogP contribution in [-0.2, 0) is 30.0 Å². The number of hydrogen-bond acceptors (Lipinski definition) is 6. The summed E-state index contributed by atoms with van der Waals surface area (Å²) in [4.78, 5) is 12.9. The summed E-state index contributed by atoms with van der Waals surface area (Å²) >= 11 is 0. The normalized spacial score (nSPS) is 27.3. The molecule has 0 radical (unpaired) electrons. The minimum absolute atomic E-state index is 0.0462. The van der Waals surface area contributed by atoms with Crippen molar-refractivity contribution in [1.29, 1.82) is 0 Å². The molecule has 0 amide bonds. The number of benzene rings is 1. The SMILES string of the molecule is C=C(CC)C[C@@H]1CC(=O)C[C@@]2(C[C@@H](O[Si](C)(C)C(C)(C)C)C[C@H](COCc3ccc(OC)cc3)O2)O1. The Kier molecular flexibility index (Phi) is 9.61. The van der Waals surface area contributed by atoms with Gasteiger partial charge in [-0.15, -0.1) is 0 Å². The molecule has 2 saturated heterocycles. The maximum atomic E-state index is 12.9. The second-order valence-corrected chi connectivity index (χ2v) is 16.7. The first-order chi connectivity index (χ1) is 16.8. The van der Waals surface area contributed by atoms with Gasteiger partial charge in [-0.1, -0.05) is 52.0 Å². The van der Waals surface area contributed by atoms with Gasteiger partial charge in [0.1, 0.15) is 11.5 Å². The van der Waals surface area contributed by atoms with E-state index < -0.39 is 14.1 Å². The average Bonchev–Trinajstić information content (AvgIpc) is 2.77. The van der Waals surface area contributed by atoms with E-state index in [0.29, 0.717) is 32.5 Å². The van der Waals surface area contributed by atoms with Crippen molar-refractivity contribution < 1.29 is 28.2 Å². The highest BCUT2D eigenvalue weighted by atomic mass is 28.4. The van der Waals surface area contributed by atoms with Crippen molar-refractivity contribution in [2.24, 2.45) is 0 Å². The van der Waals surface area contributed by atoms with Gasteiger partial charge in [0, 0.05) is 19.3 Å². The number of rotatable bonds is 10. The summed E-state index contributed by atoms with van der Waals surface area (Å²) in [6, 6.07) is 7.86. The largest absolute Gasteiger partial charge is 0.497 e. The third-order valence-corrected chi connectivity index (χ3v) is 12.3. The second-order valence-electron chi connectivity index (χ2n) is 11.9. The molecule has 0 N–H and O–H groups in total. The quantitative estimate of drug-likeness (QED) is 0.257. The molecule has 202 valence electrons. The van der Waals surface area contributed by atoms with Gasteiger partial charge in [0.25, 0.3) is 0 Å². The monoisotopic (exact) mass is 518 g/mol. The van der Waals surface area contributed by atoms with Crippen LogP contribution in [0.1, 0.15) is 71.8 Å². The van der Waals surface area contributed by atoms with E-state index in [9.17, 15) is 4.79 Å². The van der Waals surface area contributed by atoms with Crippen LogP contribution < -0.4 is 4.74 Å². The first-order valence-electron chi connectivity index (χ1n) is 13.3. The lowest BCUT2D eigenvalue weighted by atomic mass is 9.89. The van der Waals surface area contributed by atoms with E-state index in [-0.39, 0.29) is 35.6 Å². The van der Waals surface area contributed by atoms with Crippen molar-refractivity contribution in [2.45, 2.75) is 115 Å². The predicted octanol–water partition coefficient (Wildman–Crippen LogP) is 6.58. The first-order valence-corrected chi connectivity index (χ1v) is 16.2. The molecule has 1 aromatic carbocycles. The Bertz CT molecular complexity index is 890. The summed E-state index contributed by atoms with van der Waals surface area (Å²) in [5, 5.41) is 0.0868. The first kappa shape index (κ1) is 29.0. The molecule has 7 heteroatoms. The Balaban J connectivity index is 1.74. The Labute approximate surface area is 218 Å². The van der Waals surface area contributed by atoms with Crippen LogP contribution >= 0.6 is 0 Å². The van der Waals surface area contributed by atoms with Crippen LogP contribution in [0.3, 0.4) is 0 Å². The molecule has 2 heterocycles. The van der Waals surface area contributed by atoms with E-state index in [1.165, 1.54) is 0 Å². The number of ketones is 1. The molecule has 2 fully saturated rings. The summed E-state index contributed by atoms with van der Waals surface area (Å²) in [6.07, 6.45) is 3.05. The van der Waals surface area contributed by atoms with Crippen molar-refractivity contribution >= 4 is 14.1 Å². The topological polar surface area (TPSA) is 63.2 Å². The van der Waals surface area contributed by atoms with E-state index in [1.807, 2.05) is 24.3 Å². The zero-order valence-electron chi connectivity index (χ0n) is 23.4. The predicted molar refractivity (Wildman–Crippen MR) is 145 cm³/mol. The van der Waals surface area contributed by atoms with Gasteiger partial charge in [-0.3, -0.25) is 4.79 Å².